The average molecular weight is 474 g/mol. The highest BCUT2D eigenvalue weighted by molar-refractivity contribution is 7.13. The summed E-state index contributed by atoms with van der Waals surface area (Å²) in [5, 5.41) is 6.11. The zero-order valence-corrected chi connectivity index (χ0v) is 21.2. The Labute approximate surface area is 200 Å². The van der Waals surface area contributed by atoms with Crippen molar-refractivity contribution in [3.05, 3.63) is 35.1 Å². The highest BCUT2D eigenvalue weighted by Crippen LogP contribution is 2.26. The molecule has 0 saturated carbocycles. The molecule has 180 valence electrons. The molecule has 0 bridgehead atoms. The van der Waals surface area contributed by atoms with Gasteiger partial charge in [0.2, 0.25) is 11.8 Å². The third-order valence-corrected chi connectivity index (χ3v) is 6.46. The number of aromatic nitrogens is 2. The Hall–Kier alpha value is -2.65. The Morgan fingerprint density at radius 3 is 2.52 bits per heavy atom. The number of likely N-dealkylation sites (tertiary alicyclic amines) is 1. The summed E-state index contributed by atoms with van der Waals surface area (Å²) in [6, 6.07) is 3.19. The van der Waals surface area contributed by atoms with Crippen molar-refractivity contribution in [2.75, 3.05) is 13.6 Å². The third kappa shape index (κ3) is 6.91. The predicted molar refractivity (Wildman–Crippen MR) is 131 cm³/mol. The first kappa shape index (κ1) is 26.6. The fourth-order valence-corrected chi connectivity index (χ4v) is 4.69. The average Bonchev–Trinajstić information content (AvgIpc) is 3.41. The van der Waals surface area contributed by atoms with Crippen LogP contribution in [0.5, 0.6) is 0 Å². The third-order valence-electron chi connectivity index (χ3n) is 5.51. The van der Waals surface area contributed by atoms with E-state index in [-0.39, 0.29) is 23.3 Å². The van der Waals surface area contributed by atoms with Crippen LogP contribution in [0.15, 0.2) is 23.8 Å². The van der Waals surface area contributed by atoms with Crippen LogP contribution in [-0.4, -0.2) is 58.6 Å². The molecule has 2 aromatic rings. The van der Waals surface area contributed by atoms with Crippen LogP contribution in [0.1, 0.15) is 51.8 Å². The molecular weight excluding hydrogens is 438 g/mol. The first-order valence-corrected chi connectivity index (χ1v) is 12.0. The summed E-state index contributed by atoms with van der Waals surface area (Å²) < 4.78 is 0. The van der Waals surface area contributed by atoms with Gasteiger partial charge in [0.05, 0.1) is 27.8 Å². The second-order valence-corrected chi connectivity index (χ2v) is 9.90. The summed E-state index contributed by atoms with van der Waals surface area (Å²) in [7, 11) is 1.80. The van der Waals surface area contributed by atoms with Gasteiger partial charge in [0.15, 0.2) is 0 Å². The number of likely N-dealkylation sites (N-methyl/N-ethyl adjacent to an activating group) is 1. The largest absolute Gasteiger partial charge is 0.350 e. The highest BCUT2D eigenvalue weighted by atomic mass is 32.1. The van der Waals surface area contributed by atoms with Gasteiger partial charge in [0.1, 0.15) is 12.3 Å². The van der Waals surface area contributed by atoms with E-state index in [0.29, 0.717) is 19.5 Å². The van der Waals surface area contributed by atoms with Crippen molar-refractivity contribution in [2.24, 2.45) is 5.41 Å². The van der Waals surface area contributed by atoms with Gasteiger partial charge in [-0.05, 0) is 50.8 Å². The number of nitrogens with one attached hydrogen (secondary N) is 2. The molecule has 1 aliphatic heterocycles. The Morgan fingerprint density at radius 2 is 2.00 bits per heavy atom. The van der Waals surface area contributed by atoms with Crippen molar-refractivity contribution in [3.63, 3.8) is 0 Å². The number of thiazole rings is 1. The smallest absolute Gasteiger partial charge is 0.243 e. The summed E-state index contributed by atoms with van der Waals surface area (Å²) in [6.07, 6.45) is 4.07. The molecule has 2 unspecified atom stereocenters. The number of pyridine rings is 1. The van der Waals surface area contributed by atoms with Crippen LogP contribution in [0, 0.1) is 12.3 Å². The lowest BCUT2D eigenvalue weighted by Crippen LogP contribution is -2.55. The van der Waals surface area contributed by atoms with Crippen LogP contribution in [0.3, 0.4) is 0 Å². The molecule has 2 atom stereocenters. The summed E-state index contributed by atoms with van der Waals surface area (Å²) in [5.74, 6) is -0.111. The molecule has 2 amide bonds. The minimum Gasteiger partial charge on any atom is -0.350 e. The van der Waals surface area contributed by atoms with Gasteiger partial charge in [-0.1, -0.05) is 26.8 Å². The molecule has 8 nitrogen and oxygen atoms in total. The van der Waals surface area contributed by atoms with Crippen LogP contribution >= 0.6 is 11.3 Å². The number of hydrogen-bond donors (Lipinski definition) is 2. The molecule has 1 saturated heterocycles. The molecule has 2 N–H and O–H groups in total. The zero-order valence-electron chi connectivity index (χ0n) is 20.3. The van der Waals surface area contributed by atoms with Gasteiger partial charge >= 0.3 is 0 Å². The molecule has 0 aliphatic carbocycles. The van der Waals surface area contributed by atoms with Crippen LogP contribution in [0.2, 0.25) is 0 Å². The molecule has 2 aromatic heterocycles. The molecule has 0 radical (unpaired) electrons. The van der Waals surface area contributed by atoms with E-state index in [0.717, 1.165) is 34.5 Å². The van der Waals surface area contributed by atoms with Gasteiger partial charge in [0.25, 0.3) is 0 Å². The van der Waals surface area contributed by atoms with Crippen molar-refractivity contribution in [3.8, 4) is 10.6 Å². The Kier molecular flexibility index (Phi) is 9.67. The topological polar surface area (TPSA) is 104 Å². The highest BCUT2D eigenvalue weighted by Gasteiger charge is 2.40. The molecule has 1 fully saturated rings. The van der Waals surface area contributed by atoms with E-state index in [1.54, 1.807) is 29.5 Å². The monoisotopic (exact) mass is 473 g/mol. The first-order chi connectivity index (χ1) is 15.6. The maximum Gasteiger partial charge on any atom is 0.243 e. The SMILES string of the molecule is CC=O.CNC(C(=O)N1CCCC1C(=O)NCc1ccc(-c2scnc2C)nc1)C(C)(C)C. The standard InChI is InChI=1S/C22H31N5O2S.C2H4O/c1-14-18(30-13-26-14)16-9-8-15(11-24-16)12-25-20(28)17-7-6-10-27(17)21(29)19(23-5)22(2,3)4;1-2-3/h8-9,11,13,17,19,23H,6-7,10,12H2,1-5H3,(H,25,28);2H,1H3. The normalized spacial score (nSPS) is 16.5. The predicted octanol–water partition coefficient (Wildman–Crippen LogP) is 2.96. The van der Waals surface area contributed by atoms with Crippen molar-refractivity contribution >= 4 is 29.4 Å². The molecule has 9 heteroatoms. The number of aldehydes is 1. The summed E-state index contributed by atoms with van der Waals surface area (Å²) in [5.41, 5.74) is 4.37. The number of aryl methyl sites for hydroxylation is 1. The number of carbonyl (C=O) groups excluding carboxylic acids is 3. The van der Waals surface area contributed by atoms with Crippen LogP contribution < -0.4 is 10.6 Å². The molecule has 33 heavy (non-hydrogen) atoms. The fraction of sp³-hybridized carbons (Fsp3) is 0.542. The van der Waals surface area contributed by atoms with E-state index in [4.69, 9.17) is 4.79 Å². The number of carbonyl (C=O) groups is 3. The van der Waals surface area contributed by atoms with Crippen LogP contribution in [0.4, 0.5) is 0 Å². The van der Waals surface area contributed by atoms with Crippen molar-refractivity contribution in [2.45, 2.75) is 66.1 Å². The molecular formula is C24H35N5O3S. The minimum absolute atomic E-state index is 0.00593. The number of rotatable bonds is 6. The zero-order chi connectivity index (χ0) is 24.6. The molecule has 3 heterocycles. The van der Waals surface area contributed by atoms with E-state index in [9.17, 15) is 9.59 Å². The van der Waals surface area contributed by atoms with Gasteiger partial charge in [-0.25, -0.2) is 4.98 Å². The van der Waals surface area contributed by atoms with Gasteiger partial charge in [-0.2, -0.15) is 0 Å². The summed E-state index contributed by atoms with van der Waals surface area (Å²) in [4.78, 5) is 46.3. The van der Waals surface area contributed by atoms with Crippen molar-refractivity contribution < 1.29 is 14.4 Å². The lowest BCUT2D eigenvalue weighted by Gasteiger charge is -2.34. The second-order valence-electron chi connectivity index (χ2n) is 9.05. The molecule has 1 aliphatic rings. The first-order valence-electron chi connectivity index (χ1n) is 11.1. The Balaban J connectivity index is 0.00000122. The lowest BCUT2D eigenvalue weighted by molar-refractivity contribution is -0.142. The Morgan fingerprint density at radius 1 is 1.30 bits per heavy atom. The van der Waals surface area contributed by atoms with Gasteiger partial charge < -0.3 is 20.3 Å². The number of amides is 2. The van der Waals surface area contributed by atoms with Gasteiger partial charge in [-0.3, -0.25) is 14.6 Å². The van der Waals surface area contributed by atoms with Crippen molar-refractivity contribution in [1.29, 1.82) is 0 Å². The quantitative estimate of drug-likeness (QED) is 0.625. The molecule has 3 rings (SSSR count). The van der Waals surface area contributed by atoms with Crippen LogP contribution in [0.25, 0.3) is 10.6 Å². The van der Waals surface area contributed by atoms with E-state index in [2.05, 4.69) is 20.6 Å². The summed E-state index contributed by atoms with van der Waals surface area (Å²) in [6.45, 7) is 10.5. The maximum absolute atomic E-state index is 13.1. The second kappa shape index (κ2) is 12.0. The fourth-order valence-electron chi connectivity index (χ4n) is 3.91. The summed E-state index contributed by atoms with van der Waals surface area (Å²) >= 11 is 1.57. The minimum atomic E-state index is -0.414. The Bertz CT molecular complexity index is 936. The number of nitrogens with zero attached hydrogens (tertiary/aromatic N) is 3. The lowest BCUT2D eigenvalue weighted by atomic mass is 9.86. The van der Waals surface area contributed by atoms with E-state index >= 15 is 0 Å². The van der Waals surface area contributed by atoms with E-state index in [1.165, 1.54) is 6.92 Å². The maximum atomic E-state index is 13.1. The van der Waals surface area contributed by atoms with E-state index in [1.807, 2.05) is 45.3 Å². The van der Waals surface area contributed by atoms with Gasteiger partial charge in [0, 0.05) is 19.3 Å². The van der Waals surface area contributed by atoms with E-state index < -0.39 is 6.04 Å². The van der Waals surface area contributed by atoms with Crippen LogP contribution in [-0.2, 0) is 20.9 Å². The molecule has 0 spiro atoms. The number of hydrogen-bond acceptors (Lipinski definition) is 7. The van der Waals surface area contributed by atoms with Gasteiger partial charge in [-0.15, -0.1) is 11.3 Å². The van der Waals surface area contributed by atoms with Crippen molar-refractivity contribution in [1.82, 2.24) is 25.5 Å². The molecule has 0 aromatic carbocycles.